The van der Waals surface area contributed by atoms with E-state index in [1.54, 1.807) is 12.1 Å². The molecule has 0 amide bonds. The molecule has 3 N–H and O–H groups in total. The first kappa shape index (κ1) is 17.9. The van der Waals surface area contributed by atoms with Crippen molar-refractivity contribution in [3.8, 4) is 0 Å². The summed E-state index contributed by atoms with van der Waals surface area (Å²) in [5.74, 6) is 0. The predicted molar refractivity (Wildman–Crippen MR) is 92.2 cm³/mol. The number of nitrogens with one attached hydrogen (secondary N) is 1. The van der Waals surface area contributed by atoms with Gasteiger partial charge in [-0.1, -0.05) is 6.07 Å². The Morgan fingerprint density at radius 2 is 1.52 bits per heavy atom. The Morgan fingerprint density at radius 1 is 0.913 bits per heavy atom. The summed E-state index contributed by atoms with van der Waals surface area (Å²) < 4.78 is 50.1. The summed E-state index contributed by atoms with van der Waals surface area (Å²) in [5, 5.41) is 5.04. The maximum Gasteiger partial charge on any atom is 0.261 e. The second kappa shape index (κ2) is 6.23. The molecule has 0 saturated carbocycles. The van der Waals surface area contributed by atoms with Crippen molar-refractivity contribution in [3.05, 3.63) is 52.0 Å². The third-order valence-corrected chi connectivity index (χ3v) is 6.23. The normalized spacial score (nSPS) is 12.2. The van der Waals surface area contributed by atoms with E-state index in [1.807, 2.05) is 13.8 Å². The van der Waals surface area contributed by atoms with E-state index < -0.39 is 20.0 Å². The second-order valence-electron chi connectivity index (χ2n) is 5.04. The van der Waals surface area contributed by atoms with E-state index in [0.29, 0.717) is 0 Å². The van der Waals surface area contributed by atoms with Crippen LogP contribution in [0.3, 0.4) is 0 Å². The highest BCUT2D eigenvalue weighted by molar-refractivity contribution is 9.10. The van der Waals surface area contributed by atoms with Gasteiger partial charge >= 0.3 is 0 Å². The molecule has 9 heteroatoms. The topological polar surface area (TPSA) is 106 Å². The molecule has 0 heterocycles. The van der Waals surface area contributed by atoms with Gasteiger partial charge in [0.05, 0.1) is 15.5 Å². The van der Waals surface area contributed by atoms with Gasteiger partial charge in [-0.15, -0.1) is 0 Å². The third kappa shape index (κ3) is 4.11. The van der Waals surface area contributed by atoms with Crippen molar-refractivity contribution in [1.82, 2.24) is 0 Å². The monoisotopic (exact) mass is 418 g/mol. The zero-order valence-corrected chi connectivity index (χ0v) is 15.6. The second-order valence-corrected chi connectivity index (χ2v) is 9.14. The minimum absolute atomic E-state index is 0.112. The third-order valence-electron chi connectivity index (χ3n) is 3.30. The molecule has 0 saturated heterocycles. The maximum absolute atomic E-state index is 12.4. The molecule has 0 atom stereocenters. The van der Waals surface area contributed by atoms with Crippen LogP contribution in [0.1, 0.15) is 11.1 Å². The van der Waals surface area contributed by atoms with Gasteiger partial charge in [0.25, 0.3) is 10.0 Å². The molecule has 0 bridgehead atoms. The first-order valence-corrected chi connectivity index (χ1v) is 10.3. The van der Waals surface area contributed by atoms with Crippen molar-refractivity contribution in [1.29, 1.82) is 0 Å². The minimum Gasteiger partial charge on any atom is -0.278 e. The molecular formula is C14H15BrN2O4S2. The molecule has 0 aliphatic carbocycles. The highest BCUT2D eigenvalue weighted by Gasteiger charge is 2.17. The average molecular weight is 419 g/mol. The fourth-order valence-electron chi connectivity index (χ4n) is 1.84. The molecule has 0 fully saturated rings. The number of nitrogens with two attached hydrogens (primary N) is 1. The Kier molecular flexibility index (Phi) is 4.86. The van der Waals surface area contributed by atoms with Crippen LogP contribution in [0.2, 0.25) is 0 Å². The molecule has 2 aromatic rings. The van der Waals surface area contributed by atoms with Gasteiger partial charge in [-0.3, -0.25) is 4.72 Å². The summed E-state index contributed by atoms with van der Waals surface area (Å²) in [7, 11) is -7.64. The zero-order valence-electron chi connectivity index (χ0n) is 12.4. The van der Waals surface area contributed by atoms with Crippen molar-refractivity contribution in [2.75, 3.05) is 4.72 Å². The van der Waals surface area contributed by atoms with E-state index >= 15 is 0 Å². The number of halogens is 1. The molecule has 2 aromatic carbocycles. The van der Waals surface area contributed by atoms with Gasteiger partial charge in [0.15, 0.2) is 0 Å². The highest BCUT2D eigenvalue weighted by atomic mass is 79.9. The first-order valence-electron chi connectivity index (χ1n) is 6.43. The lowest BCUT2D eigenvalue weighted by atomic mass is 10.1. The Morgan fingerprint density at radius 3 is 2.04 bits per heavy atom. The van der Waals surface area contributed by atoms with Crippen LogP contribution in [0.25, 0.3) is 0 Å². The van der Waals surface area contributed by atoms with Gasteiger partial charge in [0.2, 0.25) is 10.0 Å². The summed E-state index contributed by atoms with van der Waals surface area (Å²) in [6, 6.07) is 8.62. The van der Waals surface area contributed by atoms with Gasteiger partial charge in [0, 0.05) is 4.47 Å². The van der Waals surface area contributed by atoms with Crippen molar-refractivity contribution in [2.45, 2.75) is 23.6 Å². The van der Waals surface area contributed by atoms with Crippen LogP contribution in [-0.2, 0) is 20.0 Å². The number of aryl methyl sites for hydroxylation is 2. The summed E-state index contributed by atoms with van der Waals surface area (Å²) in [6.45, 7) is 3.72. The predicted octanol–water partition coefficient (Wildman–Crippen LogP) is 2.51. The summed E-state index contributed by atoms with van der Waals surface area (Å²) in [4.78, 5) is 0.0153. The largest absolute Gasteiger partial charge is 0.278 e. The number of benzene rings is 2. The van der Waals surface area contributed by atoms with E-state index in [0.717, 1.165) is 11.1 Å². The Hall–Kier alpha value is -1.42. The molecule has 0 aromatic heterocycles. The number of hydrogen-bond acceptors (Lipinski definition) is 4. The minimum atomic E-state index is -3.86. The summed E-state index contributed by atoms with van der Waals surface area (Å²) in [6.07, 6.45) is 0. The molecule has 0 radical (unpaired) electrons. The highest BCUT2D eigenvalue weighted by Crippen LogP contribution is 2.28. The van der Waals surface area contributed by atoms with Crippen LogP contribution in [0, 0.1) is 13.8 Å². The zero-order chi connectivity index (χ0) is 17.4. The lowest BCUT2D eigenvalue weighted by molar-refractivity contribution is 0.597. The molecule has 23 heavy (non-hydrogen) atoms. The van der Waals surface area contributed by atoms with Crippen molar-refractivity contribution in [2.24, 2.45) is 5.14 Å². The van der Waals surface area contributed by atoms with Crippen molar-refractivity contribution in [3.63, 3.8) is 0 Å². The Labute approximate surface area is 143 Å². The number of primary sulfonamides is 1. The van der Waals surface area contributed by atoms with Gasteiger partial charge < -0.3 is 0 Å². The van der Waals surface area contributed by atoms with Gasteiger partial charge in [-0.05, 0) is 71.2 Å². The summed E-state index contributed by atoms with van der Waals surface area (Å²) in [5.41, 5.74) is 2.06. The molecule has 6 nitrogen and oxygen atoms in total. The van der Waals surface area contributed by atoms with Crippen LogP contribution in [0.5, 0.6) is 0 Å². The molecule has 0 aliphatic rings. The number of rotatable bonds is 4. The average Bonchev–Trinajstić information content (AvgIpc) is 2.42. The lowest BCUT2D eigenvalue weighted by Crippen LogP contribution is -2.15. The summed E-state index contributed by atoms with van der Waals surface area (Å²) >= 11 is 3.14. The number of sulfonamides is 2. The van der Waals surface area contributed by atoms with E-state index in [1.165, 1.54) is 24.3 Å². The van der Waals surface area contributed by atoms with Crippen LogP contribution < -0.4 is 9.86 Å². The molecule has 0 spiro atoms. The Balaban J connectivity index is 2.39. The maximum atomic E-state index is 12.4. The van der Waals surface area contributed by atoms with E-state index in [-0.39, 0.29) is 20.0 Å². The van der Waals surface area contributed by atoms with Crippen LogP contribution in [0.4, 0.5) is 5.69 Å². The number of anilines is 1. The van der Waals surface area contributed by atoms with Crippen molar-refractivity contribution >= 4 is 41.7 Å². The van der Waals surface area contributed by atoms with Crippen molar-refractivity contribution < 1.29 is 16.8 Å². The van der Waals surface area contributed by atoms with E-state index in [9.17, 15) is 16.8 Å². The molecular weight excluding hydrogens is 404 g/mol. The number of hydrogen-bond donors (Lipinski definition) is 2. The van der Waals surface area contributed by atoms with Crippen LogP contribution >= 0.6 is 15.9 Å². The van der Waals surface area contributed by atoms with Gasteiger partial charge in [-0.2, -0.15) is 0 Å². The molecule has 124 valence electrons. The molecule has 0 unspecified atom stereocenters. The van der Waals surface area contributed by atoms with Gasteiger partial charge in [-0.25, -0.2) is 22.0 Å². The lowest BCUT2D eigenvalue weighted by Gasteiger charge is -2.12. The smallest absolute Gasteiger partial charge is 0.261 e. The van der Waals surface area contributed by atoms with Crippen LogP contribution in [0.15, 0.2) is 50.7 Å². The van der Waals surface area contributed by atoms with E-state index in [4.69, 9.17) is 5.14 Å². The van der Waals surface area contributed by atoms with Gasteiger partial charge in [0.1, 0.15) is 0 Å². The quantitative estimate of drug-likeness (QED) is 0.794. The Bertz CT molecular complexity index is 970. The fourth-order valence-corrected chi connectivity index (χ4v) is 4.31. The van der Waals surface area contributed by atoms with E-state index in [2.05, 4.69) is 20.7 Å². The molecule has 2 rings (SSSR count). The SMILES string of the molecule is Cc1ccc(S(=O)(=O)Nc2ccc(S(N)(=O)=O)cc2Br)cc1C. The van der Waals surface area contributed by atoms with Crippen LogP contribution in [-0.4, -0.2) is 16.8 Å². The molecule has 0 aliphatic heterocycles. The standard InChI is InChI=1S/C14H15BrN2O4S2/c1-9-3-4-12(7-10(9)2)23(20,21)17-14-6-5-11(8-13(14)15)22(16,18)19/h3-8,17H,1-2H3,(H2,16,18,19). The first-order chi connectivity index (χ1) is 10.5. The fraction of sp³-hybridized carbons (Fsp3) is 0.143.